The predicted octanol–water partition coefficient (Wildman–Crippen LogP) is 3.94. The van der Waals surface area contributed by atoms with Crippen LogP contribution < -0.4 is 5.32 Å². The number of hydrogen-bond donors (Lipinski definition) is 1. The largest absolute Gasteiger partial charge is 0.380 e. The van der Waals surface area contributed by atoms with Crippen LogP contribution in [0.4, 0.5) is 5.69 Å². The van der Waals surface area contributed by atoms with Gasteiger partial charge in [0, 0.05) is 23.6 Å². The van der Waals surface area contributed by atoms with E-state index in [9.17, 15) is 0 Å². The highest BCUT2D eigenvalue weighted by molar-refractivity contribution is 5.48. The maximum atomic E-state index is 4.37. The molecule has 1 saturated carbocycles. The first kappa shape index (κ1) is 13.2. The second-order valence-corrected chi connectivity index (χ2v) is 6.83. The van der Waals surface area contributed by atoms with Crippen LogP contribution in [-0.4, -0.2) is 15.1 Å². The molecule has 0 spiro atoms. The highest BCUT2D eigenvalue weighted by Gasteiger charge is 2.46. The second kappa shape index (κ2) is 4.37. The lowest BCUT2D eigenvalue weighted by atomic mass is 10.0. The van der Waals surface area contributed by atoms with Gasteiger partial charge in [-0.1, -0.05) is 12.1 Å². The van der Waals surface area contributed by atoms with Crippen LogP contribution in [0.5, 0.6) is 0 Å². The van der Waals surface area contributed by atoms with Crippen molar-refractivity contribution in [3.05, 3.63) is 48.0 Å². The highest BCUT2D eigenvalue weighted by atomic mass is 15.2. The molecule has 0 unspecified atom stereocenters. The fourth-order valence-corrected chi connectivity index (χ4v) is 2.91. The fraction of sp³-hybridized carbons (Fsp3) is 0.471. The summed E-state index contributed by atoms with van der Waals surface area (Å²) in [5.41, 5.74) is 2.82. The number of hydrogen-bond acceptors (Lipinski definition) is 2. The third-order valence-corrected chi connectivity index (χ3v) is 3.95. The normalized spacial score (nSPS) is 17.0. The summed E-state index contributed by atoms with van der Waals surface area (Å²) in [6.45, 7) is 8.62. The van der Waals surface area contributed by atoms with Crippen molar-refractivity contribution in [1.29, 1.82) is 0 Å². The van der Waals surface area contributed by atoms with Crippen molar-refractivity contribution in [2.24, 2.45) is 0 Å². The molecule has 1 aliphatic rings. The molecule has 0 atom stereocenters. The van der Waals surface area contributed by atoms with E-state index in [4.69, 9.17) is 0 Å². The molecule has 0 bridgehead atoms. The molecular weight excluding hydrogens is 246 g/mol. The maximum absolute atomic E-state index is 4.37. The summed E-state index contributed by atoms with van der Waals surface area (Å²) in [7, 11) is 0. The van der Waals surface area contributed by atoms with Gasteiger partial charge in [0.15, 0.2) is 0 Å². The highest BCUT2D eigenvalue weighted by Crippen LogP contribution is 2.49. The number of aryl methyl sites for hydroxylation is 1. The Bertz CT molecular complexity index is 598. The fourth-order valence-electron chi connectivity index (χ4n) is 2.91. The Morgan fingerprint density at radius 2 is 1.80 bits per heavy atom. The molecule has 3 rings (SSSR count). The molecule has 1 aromatic carbocycles. The molecular formula is C17H23N3. The Hall–Kier alpha value is -1.77. The van der Waals surface area contributed by atoms with Crippen LogP contribution in [0, 0.1) is 6.92 Å². The minimum Gasteiger partial charge on any atom is -0.380 e. The van der Waals surface area contributed by atoms with Gasteiger partial charge in [-0.15, -0.1) is 0 Å². The SMILES string of the molecule is Cc1nccn1C1(c2ccc(NC(C)(C)C)cc2)CC1. The van der Waals surface area contributed by atoms with Crippen molar-refractivity contribution in [3.8, 4) is 0 Å². The first-order valence-electron chi connectivity index (χ1n) is 7.30. The van der Waals surface area contributed by atoms with Gasteiger partial charge < -0.3 is 9.88 Å². The minimum absolute atomic E-state index is 0.0969. The van der Waals surface area contributed by atoms with E-state index in [-0.39, 0.29) is 11.1 Å². The van der Waals surface area contributed by atoms with Gasteiger partial charge in [-0.3, -0.25) is 0 Å². The Balaban J connectivity index is 1.87. The van der Waals surface area contributed by atoms with Gasteiger partial charge in [-0.2, -0.15) is 0 Å². The van der Waals surface area contributed by atoms with Crippen LogP contribution in [0.25, 0.3) is 0 Å². The van der Waals surface area contributed by atoms with Gasteiger partial charge in [0.25, 0.3) is 0 Å². The molecule has 3 nitrogen and oxygen atoms in total. The average Bonchev–Trinajstić information content (AvgIpc) is 3.05. The van der Waals surface area contributed by atoms with Gasteiger partial charge in [0.05, 0.1) is 5.54 Å². The van der Waals surface area contributed by atoms with Gasteiger partial charge >= 0.3 is 0 Å². The number of anilines is 1. The molecule has 1 heterocycles. The van der Waals surface area contributed by atoms with E-state index in [1.807, 2.05) is 6.20 Å². The number of rotatable bonds is 3. The van der Waals surface area contributed by atoms with E-state index in [2.05, 4.69) is 73.0 Å². The third-order valence-electron chi connectivity index (χ3n) is 3.95. The summed E-state index contributed by atoms with van der Waals surface area (Å²) in [4.78, 5) is 4.37. The Morgan fingerprint density at radius 3 is 2.25 bits per heavy atom. The van der Waals surface area contributed by atoms with Crippen LogP contribution in [0.2, 0.25) is 0 Å². The molecule has 0 aliphatic heterocycles. The van der Waals surface area contributed by atoms with Crippen LogP contribution in [0.15, 0.2) is 36.7 Å². The summed E-state index contributed by atoms with van der Waals surface area (Å²) in [5, 5.41) is 3.51. The maximum Gasteiger partial charge on any atom is 0.106 e. The molecule has 1 aromatic heterocycles. The molecule has 0 saturated heterocycles. The van der Waals surface area contributed by atoms with Crippen LogP contribution in [0.1, 0.15) is 45.0 Å². The number of nitrogens with one attached hydrogen (secondary N) is 1. The lowest BCUT2D eigenvalue weighted by Crippen LogP contribution is -2.26. The van der Waals surface area contributed by atoms with E-state index in [0.29, 0.717) is 0 Å². The van der Waals surface area contributed by atoms with Crippen molar-refractivity contribution in [3.63, 3.8) is 0 Å². The van der Waals surface area contributed by atoms with E-state index >= 15 is 0 Å². The number of benzene rings is 1. The van der Waals surface area contributed by atoms with Crippen molar-refractivity contribution >= 4 is 5.69 Å². The zero-order chi connectivity index (χ0) is 14.4. The number of aromatic nitrogens is 2. The minimum atomic E-state index is 0.0969. The molecule has 1 fully saturated rings. The first-order chi connectivity index (χ1) is 9.41. The summed E-state index contributed by atoms with van der Waals surface area (Å²) >= 11 is 0. The number of imidazole rings is 1. The monoisotopic (exact) mass is 269 g/mol. The summed E-state index contributed by atoms with van der Waals surface area (Å²) < 4.78 is 2.32. The van der Waals surface area contributed by atoms with E-state index in [1.54, 1.807) is 0 Å². The zero-order valence-electron chi connectivity index (χ0n) is 12.8. The lowest BCUT2D eigenvalue weighted by molar-refractivity contribution is 0.556. The molecule has 1 aliphatic carbocycles. The Labute approximate surface area is 121 Å². The van der Waals surface area contributed by atoms with Crippen LogP contribution >= 0.6 is 0 Å². The van der Waals surface area contributed by atoms with E-state index < -0.39 is 0 Å². The quantitative estimate of drug-likeness (QED) is 0.914. The first-order valence-corrected chi connectivity index (χ1v) is 7.30. The average molecular weight is 269 g/mol. The van der Waals surface area contributed by atoms with Crippen molar-refractivity contribution in [2.45, 2.75) is 51.6 Å². The Kier molecular flexibility index (Phi) is 2.89. The van der Waals surface area contributed by atoms with Crippen molar-refractivity contribution < 1.29 is 0 Å². The predicted molar refractivity (Wildman–Crippen MR) is 83.1 cm³/mol. The molecule has 0 amide bonds. The van der Waals surface area contributed by atoms with Crippen LogP contribution in [-0.2, 0) is 5.54 Å². The van der Waals surface area contributed by atoms with E-state index in [0.717, 1.165) is 5.82 Å². The smallest absolute Gasteiger partial charge is 0.106 e. The second-order valence-electron chi connectivity index (χ2n) is 6.83. The standard InChI is InChI=1S/C17H23N3/c1-13-18-11-12-20(13)17(9-10-17)14-5-7-15(8-6-14)19-16(2,3)4/h5-8,11-12,19H,9-10H2,1-4H3. The number of nitrogens with zero attached hydrogens (tertiary/aromatic N) is 2. The molecule has 0 radical (unpaired) electrons. The summed E-state index contributed by atoms with van der Waals surface area (Å²) in [6.07, 6.45) is 6.40. The molecule has 1 N–H and O–H groups in total. The topological polar surface area (TPSA) is 29.9 Å². The Morgan fingerprint density at radius 1 is 1.15 bits per heavy atom. The van der Waals surface area contributed by atoms with Gasteiger partial charge in [0.2, 0.25) is 0 Å². The molecule has 3 heteroatoms. The van der Waals surface area contributed by atoms with Crippen molar-refractivity contribution in [2.75, 3.05) is 5.32 Å². The van der Waals surface area contributed by atoms with E-state index in [1.165, 1.54) is 24.1 Å². The molecule has 2 aromatic rings. The lowest BCUT2D eigenvalue weighted by Gasteiger charge is -2.24. The van der Waals surface area contributed by atoms with Crippen molar-refractivity contribution in [1.82, 2.24) is 9.55 Å². The summed E-state index contributed by atoms with van der Waals surface area (Å²) in [6, 6.07) is 8.88. The molecule has 20 heavy (non-hydrogen) atoms. The zero-order valence-corrected chi connectivity index (χ0v) is 12.8. The summed E-state index contributed by atoms with van der Waals surface area (Å²) in [5.74, 6) is 1.10. The molecule has 106 valence electrons. The van der Waals surface area contributed by atoms with Crippen LogP contribution in [0.3, 0.4) is 0 Å². The van der Waals surface area contributed by atoms with Gasteiger partial charge in [-0.25, -0.2) is 4.98 Å². The third kappa shape index (κ3) is 2.33. The van der Waals surface area contributed by atoms with Gasteiger partial charge in [0.1, 0.15) is 5.82 Å². The van der Waals surface area contributed by atoms with Gasteiger partial charge in [-0.05, 0) is 58.2 Å².